The van der Waals surface area contributed by atoms with Gasteiger partial charge in [0, 0.05) is 49.7 Å². The third kappa shape index (κ3) is 3.19. The number of ketones is 1. The summed E-state index contributed by atoms with van der Waals surface area (Å²) in [5, 5.41) is 0. The molecule has 6 nitrogen and oxygen atoms in total. The van der Waals surface area contributed by atoms with E-state index in [0.717, 1.165) is 48.7 Å². The minimum atomic E-state index is -0.468. The number of Topliss-reactive ketones (excluding diaryl/α,β-unsaturated/α-hetero) is 1. The largest absolute Gasteiger partial charge is 0.384 e. The fourth-order valence-electron chi connectivity index (χ4n) is 4.77. The van der Waals surface area contributed by atoms with Crippen LogP contribution in [0, 0.1) is 23.2 Å². The average molecular weight is 405 g/mol. The van der Waals surface area contributed by atoms with E-state index in [1.54, 1.807) is 19.5 Å². The van der Waals surface area contributed by atoms with Crippen molar-refractivity contribution in [2.75, 3.05) is 31.7 Å². The number of H-pyrrole nitrogens is 1. The lowest BCUT2D eigenvalue weighted by Crippen LogP contribution is -2.24. The molecule has 3 aromatic rings. The molecule has 3 heterocycles. The van der Waals surface area contributed by atoms with E-state index in [-0.39, 0.29) is 5.78 Å². The molecule has 0 radical (unpaired) electrons. The summed E-state index contributed by atoms with van der Waals surface area (Å²) >= 11 is 0. The topological polar surface area (TPSA) is 71.1 Å². The van der Waals surface area contributed by atoms with Gasteiger partial charge in [-0.2, -0.15) is 0 Å². The van der Waals surface area contributed by atoms with Gasteiger partial charge in [-0.1, -0.05) is 32.9 Å². The van der Waals surface area contributed by atoms with Gasteiger partial charge in [0.15, 0.2) is 11.4 Å². The first-order chi connectivity index (χ1) is 14.4. The number of carbonyl (C=O) groups excluding carboxylic acids is 1. The van der Waals surface area contributed by atoms with Crippen LogP contribution >= 0.6 is 0 Å². The maximum absolute atomic E-state index is 12.8. The lowest BCUT2D eigenvalue weighted by atomic mass is 9.87. The SMILES string of the molecule is COC[C@@H]1[C@H]2CN(c3cccc(-c4cnc5[nH]cc(C(=O)C(C)(C)C)c5n4)c3)C[C@@H]12. The van der Waals surface area contributed by atoms with Crippen molar-refractivity contribution < 1.29 is 9.53 Å². The van der Waals surface area contributed by atoms with E-state index >= 15 is 0 Å². The van der Waals surface area contributed by atoms with Gasteiger partial charge >= 0.3 is 0 Å². The first-order valence-corrected chi connectivity index (χ1v) is 10.6. The monoisotopic (exact) mass is 404 g/mol. The zero-order valence-corrected chi connectivity index (χ0v) is 18.0. The number of methoxy groups -OCH3 is 1. The molecule has 1 saturated carbocycles. The molecule has 1 aromatic carbocycles. The van der Waals surface area contributed by atoms with Crippen LogP contribution in [0.1, 0.15) is 31.1 Å². The Bertz CT molecular complexity index is 1100. The second-order valence-electron chi connectivity index (χ2n) is 9.64. The van der Waals surface area contributed by atoms with E-state index in [0.29, 0.717) is 16.7 Å². The molecule has 1 N–H and O–H groups in total. The van der Waals surface area contributed by atoms with Crippen LogP contribution in [0.4, 0.5) is 5.69 Å². The molecular formula is C24H28N4O2. The molecule has 0 bridgehead atoms. The molecule has 0 unspecified atom stereocenters. The van der Waals surface area contributed by atoms with Crippen LogP contribution in [0.2, 0.25) is 0 Å². The Labute approximate surface area is 176 Å². The Hall–Kier alpha value is -2.73. The van der Waals surface area contributed by atoms with Gasteiger partial charge < -0.3 is 14.6 Å². The van der Waals surface area contributed by atoms with Gasteiger partial charge in [0.2, 0.25) is 0 Å². The maximum Gasteiger partial charge on any atom is 0.171 e. The van der Waals surface area contributed by atoms with Crippen molar-refractivity contribution in [1.82, 2.24) is 15.0 Å². The number of fused-ring (bicyclic) bond motifs is 2. The summed E-state index contributed by atoms with van der Waals surface area (Å²) in [6.45, 7) is 8.83. The fourth-order valence-corrected chi connectivity index (χ4v) is 4.77. The third-order valence-electron chi connectivity index (χ3n) is 6.54. The Morgan fingerprint density at radius 2 is 2.03 bits per heavy atom. The Kier molecular flexibility index (Phi) is 4.43. The number of hydrogen-bond acceptors (Lipinski definition) is 5. The number of aromatic nitrogens is 3. The zero-order valence-electron chi connectivity index (χ0n) is 18.0. The molecule has 3 atom stereocenters. The first kappa shape index (κ1) is 19.2. The lowest BCUT2D eigenvalue weighted by Gasteiger charge is -2.22. The maximum atomic E-state index is 12.8. The summed E-state index contributed by atoms with van der Waals surface area (Å²) in [5.74, 6) is 2.32. The van der Waals surface area contributed by atoms with Gasteiger partial charge in [-0.15, -0.1) is 0 Å². The van der Waals surface area contributed by atoms with Crippen LogP contribution in [0.5, 0.6) is 0 Å². The number of nitrogens with zero attached hydrogens (tertiary/aromatic N) is 3. The van der Waals surface area contributed by atoms with Crippen molar-refractivity contribution >= 4 is 22.6 Å². The van der Waals surface area contributed by atoms with Crippen LogP contribution in [0.25, 0.3) is 22.4 Å². The second kappa shape index (κ2) is 6.91. The van der Waals surface area contributed by atoms with E-state index in [4.69, 9.17) is 9.72 Å². The highest BCUT2D eigenvalue weighted by molar-refractivity contribution is 6.08. The number of anilines is 1. The van der Waals surface area contributed by atoms with Gasteiger partial charge in [0.1, 0.15) is 5.52 Å². The molecule has 30 heavy (non-hydrogen) atoms. The Morgan fingerprint density at radius 3 is 2.73 bits per heavy atom. The number of ether oxygens (including phenoxy) is 1. The smallest absolute Gasteiger partial charge is 0.171 e. The quantitative estimate of drug-likeness (QED) is 0.646. The highest BCUT2D eigenvalue weighted by atomic mass is 16.5. The lowest BCUT2D eigenvalue weighted by molar-refractivity contribution is 0.0860. The summed E-state index contributed by atoms with van der Waals surface area (Å²) in [4.78, 5) is 27.7. The predicted molar refractivity (Wildman–Crippen MR) is 118 cm³/mol. The molecule has 0 spiro atoms. The van der Waals surface area contributed by atoms with Crippen LogP contribution < -0.4 is 4.90 Å². The van der Waals surface area contributed by atoms with Crippen molar-refractivity contribution in [2.45, 2.75) is 20.8 Å². The number of hydrogen-bond donors (Lipinski definition) is 1. The van der Waals surface area contributed by atoms with E-state index < -0.39 is 5.41 Å². The molecule has 2 aliphatic rings. The fraction of sp³-hybridized carbons (Fsp3) is 0.458. The van der Waals surface area contributed by atoms with Crippen molar-refractivity contribution in [2.24, 2.45) is 23.2 Å². The van der Waals surface area contributed by atoms with E-state index in [2.05, 4.69) is 39.1 Å². The zero-order chi connectivity index (χ0) is 21.0. The summed E-state index contributed by atoms with van der Waals surface area (Å²) in [6.07, 6.45) is 3.50. The first-order valence-electron chi connectivity index (χ1n) is 10.6. The Balaban J connectivity index is 1.42. The van der Waals surface area contributed by atoms with Gasteiger partial charge in [-0.05, 0) is 29.9 Å². The predicted octanol–water partition coefficient (Wildman–Crippen LogP) is 4.18. The molecule has 6 heteroatoms. The van der Waals surface area contributed by atoms with Crippen molar-refractivity contribution in [3.05, 3.63) is 42.2 Å². The highest BCUT2D eigenvalue weighted by Crippen LogP contribution is 2.52. The molecule has 1 aliphatic carbocycles. The second-order valence-corrected chi connectivity index (χ2v) is 9.64. The molecule has 0 amide bonds. The van der Waals surface area contributed by atoms with E-state index in [1.165, 1.54) is 5.69 Å². The van der Waals surface area contributed by atoms with E-state index in [9.17, 15) is 4.79 Å². The van der Waals surface area contributed by atoms with Gasteiger partial charge in [0.25, 0.3) is 0 Å². The minimum Gasteiger partial charge on any atom is -0.384 e. The van der Waals surface area contributed by atoms with Gasteiger partial charge in [0.05, 0.1) is 17.5 Å². The number of aromatic amines is 1. The Morgan fingerprint density at radius 1 is 1.27 bits per heavy atom. The number of rotatable bonds is 5. The van der Waals surface area contributed by atoms with Crippen molar-refractivity contribution in [3.63, 3.8) is 0 Å². The number of piperidine rings is 1. The van der Waals surface area contributed by atoms with Crippen LogP contribution in [0.3, 0.4) is 0 Å². The van der Waals surface area contributed by atoms with Crippen molar-refractivity contribution in [3.8, 4) is 11.3 Å². The van der Waals surface area contributed by atoms with Gasteiger partial charge in [-0.25, -0.2) is 9.97 Å². The summed E-state index contributed by atoms with van der Waals surface area (Å²) in [6, 6.07) is 8.48. The summed E-state index contributed by atoms with van der Waals surface area (Å²) in [7, 11) is 1.79. The van der Waals surface area contributed by atoms with Crippen LogP contribution in [0.15, 0.2) is 36.7 Å². The van der Waals surface area contributed by atoms with E-state index in [1.807, 2.05) is 20.8 Å². The molecule has 5 rings (SSSR count). The molecule has 1 aliphatic heterocycles. The normalized spacial score (nSPS) is 23.1. The van der Waals surface area contributed by atoms with Gasteiger partial charge in [-0.3, -0.25) is 4.79 Å². The minimum absolute atomic E-state index is 0.0656. The number of carbonyl (C=O) groups is 1. The molecule has 156 valence electrons. The molecule has 2 aromatic heterocycles. The standard InChI is InChI=1S/C24H28N4O2/c1-24(2,3)22(29)16-9-25-23-21(16)27-20(10-26-23)14-6-5-7-15(8-14)28-11-17-18(12-28)19(17)13-30-4/h5-10,17-19H,11-13H2,1-4H3,(H,25,26)/t17-,18+,19+. The van der Waals surface area contributed by atoms with Crippen molar-refractivity contribution in [1.29, 1.82) is 0 Å². The van der Waals surface area contributed by atoms with Crippen LogP contribution in [-0.4, -0.2) is 47.5 Å². The number of benzene rings is 1. The third-order valence-corrected chi connectivity index (χ3v) is 6.54. The summed E-state index contributed by atoms with van der Waals surface area (Å²) < 4.78 is 5.34. The number of nitrogens with one attached hydrogen (secondary N) is 1. The molecule has 1 saturated heterocycles. The molecular weight excluding hydrogens is 376 g/mol. The molecule has 2 fully saturated rings. The van der Waals surface area contributed by atoms with Crippen LogP contribution in [-0.2, 0) is 4.74 Å². The summed E-state index contributed by atoms with van der Waals surface area (Å²) in [5.41, 5.74) is 4.45. The highest BCUT2D eigenvalue weighted by Gasteiger charge is 2.55. The average Bonchev–Trinajstić information content (AvgIpc) is 3.10.